The monoisotopic (exact) mass is 504 g/mol. The van der Waals surface area contributed by atoms with Crippen molar-refractivity contribution >= 4 is 50.3 Å². The molecule has 174 valence electrons. The Kier molecular flexibility index (Phi) is 7.28. The van der Waals surface area contributed by atoms with Crippen LogP contribution in [0.15, 0.2) is 58.1 Å². The summed E-state index contributed by atoms with van der Waals surface area (Å²) < 4.78 is 32.6. The fourth-order valence-electron chi connectivity index (χ4n) is 3.72. The molecule has 1 N–H and O–H groups in total. The number of ether oxygens (including phenoxy) is 1. The Morgan fingerprint density at radius 3 is 2.67 bits per heavy atom. The van der Waals surface area contributed by atoms with Gasteiger partial charge in [0.2, 0.25) is 5.91 Å². The van der Waals surface area contributed by atoms with E-state index < -0.39 is 21.9 Å². The van der Waals surface area contributed by atoms with Gasteiger partial charge in [-0.25, -0.2) is 13.2 Å². The zero-order valence-electron chi connectivity index (χ0n) is 18.0. The molecule has 0 saturated carbocycles. The van der Waals surface area contributed by atoms with Gasteiger partial charge in [0.1, 0.15) is 9.09 Å². The Morgan fingerprint density at radius 2 is 1.97 bits per heavy atom. The number of hydrogen-bond donors (Lipinski definition) is 1. The summed E-state index contributed by atoms with van der Waals surface area (Å²) in [6, 6.07) is 14.6. The minimum atomic E-state index is -3.62. The Morgan fingerprint density at radius 1 is 1.18 bits per heavy atom. The third kappa shape index (κ3) is 5.19. The van der Waals surface area contributed by atoms with Gasteiger partial charge in [-0.2, -0.15) is 4.31 Å². The number of rotatable bonds is 7. The third-order valence-corrected chi connectivity index (χ3v) is 9.76. The van der Waals surface area contributed by atoms with Crippen molar-refractivity contribution in [3.8, 4) is 10.4 Å². The Labute approximate surface area is 201 Å². The van der Waals surface area contributed by atoms with Crippen molar-refractivity contribution in [1.29, 1.82) is 0 Å². The number of sulfonamides is 1. The number of benzene rings is 1. The average molecular weight is 505 g/mol. The molecule has 0 bridgehead atoms. The van der Waals surface area contributed by atoms with E-state index in [1.165, 1.54) is 27.0 Å². The molecule has 10 heteroatoms. The van der Waals surface area contributed by atoms with Gasteiger partial charge in [0.05, 0.1) is 18.2 Å². The molecule has 1 saturated heterocycles. The topological polar surface area (TPSA) is 92.8 Å². The van der Waals surface area contributed by atoms with E-state index in [1.54, 1.807) is 30.5 Å². The zero-order valence-corrected chi connectivity index (χ0v) is 20.5. The standard InChI is InChI=1S/C23H24N2O5S3/c1-2-30-23(27)21-18(14-19(32-21)16-8-4-3-5-9-16)24-22(26)17-10-6-12-25(15-17)33(28,29)20-11-7-13-31-20/h3-5,7-9,11,13-14,17H,2,6,10,12,15H2,1H3,(H,24,26). The summed E-state index contributed by atoms with van der Waals surface area (Å²) >= 11 is 2.42. The number of piperidine rings is 1. The van der Waals surface area contributed by atoms with E-state index in [-0.39, 0.29) is 23.3 Å². The van der Waals surface area contributed by atoms with Crippen LogP contribution in [0.25, 0.3) is 10.4 Å². The molecule has 1 aromatic carbocycles. The number of esters is 1. The van der Waals surface area contributed by atoms with Crippen LogP contribution in [0, 0.1) is 5.92 Å². The lowest BCUT2D eigenvalue weighted by Crippen LogP contribution is -2.43. The quantitative estimate of drug-likeness (QED) is 0.471. The van der Waals surface area contributed by atoms with Crippen LogP contribution in [0.1, 0.15) is 29.4 Å². The number of thiophene rings is 2. The second-order valence-corrected chi connectivity index (χ2v) is 11.7. The molecule has 0 spiro atoms. The van der Waals surface area contributed by atoms with Crippen LogP contribution in [0.3, 0.4) is 0 Å². The molecular formula is C23H24N2O5S3. The van der Waals surface area contributed by atoms with Crippen LogP contribution in [-0.2, 0) is 19.6 Å². The Bertz CT molecular complexity index is 1220. The molecule has 3 aromatic rings. The summed E-state index contributed by atoms with van der Waals surface area (Å²) in [5.74, 6) is -1.31. The van der Waals surface area contributed by atoms with Crippen molar-refractivity contribution in [2.24, 2.45) is 5.92 Å². The first kappa shape index (κ1) is 23.6. The molecule has 4 rings (SSSR count). The number of carbonyl (C=O) groups excluding carboxylic acids is 2. The highest BCUT2D eigenvalue weighted by molar-refractivity contribution is 7.91. The summed E-state index contributed by atoms with van der Waals surface area (Å²) in [5, 5.41) is 4.59. The van der Waals surface area contributed by atoms with E-state index in [9.17, 15) is 18.0 Å². The van der Waals surface area contributed by atoms with Crippen molar-refractivity contribution in [3.05, 3.63) is 58.8 Å². The van der Waals surface area contributed by atoms with E-state index in [1.807, 2.05) is 30.3 Å². The van der Waals surface area contributed by atoms with E-state index in [0.717, 1.165) is 10.4 Å². The van der Waals surface area contributed by atoms with E-state index >= 15 is 0 Å². The summed E-state index contributed by atoms with van der Waals surface area (Å²) in [6.45, 7) is 2.45. The molecule has 1 atom stereocenters. The minimum absolute atomic E-state index is 0.108. The molecule has 3 heterocycles. The van der Waals surface area contributed by atoms with Crippen LogP contribution in [-0.4, -0.2) is 44.3 Å². The maximum Gasteiger partial charge on any atom is 0.350 e. The Balaban J connectivity index is 1.55. The summed E-state index contributed by atoms with van der Waals surface area (Å²) in [4.78, 5) is 26.8. The van der Waals surface area contributed by atoms with Crippen LogP contribution < -0.4 is 5.32 Å². The number of nitrogens with zero attached hydrogens (tertiary/aromatic N) is 1. The molecular weight excluding hydrogens is 480 g/mol. The average Bonchev–Trinajstić information content (AvgIpc) is 3.51. The highest BCUT2D eigenvalue weighted by Crippen LogP contribution is 2.36. The van der Waals surface area contributed by atoms with E-state index in [4.69, 9.17) is 4.74 Å². The van der Waals surface area contributed by atoms with E-state index in [0.29, 0.717) is 30.0 Å². The van der Waals surface area contributed by atoms with Gasteiger partial charge in [-0.3, -0.25) is 4.79 Å². The maximum atomic E-state index is 13.1. The molecule has 1 amide bonds. The summed E-state index contributed by atoms with van der Waals surface area (Å²) in [6.07, 6.45) is 1.17. The fourth-order valence-corrected chi connectivity index (χ4v) is 7.41. The lowest BCUT2D eigenvalue weighted by molar-refractivity contribution is -0.120. The van der Waals surface area contributed by atoms with Crippen LogP contribution in [0.5, 0.6) is 0 Å². The molecule has 0 radical (unpaired) electrons. The SMILES string of the molecule is CCOC(=O)c1sc(-c2ccccc2)cc1NC(=O)C1CCCN(S(=O)(=O)c2cccs2)C1. The van der Waals surface area contributed by atoms with Crippen molar-refractivity contribution in [2.75, 3.05) is 25.0 Å². The third-order valence-electron chi connectivity index (χ3n) is 5.35. The molecule has 7 nitrogen and oxygen atoms in total. The maximum absolute atomic E-state index is 13.1. The smallest absolute Gasteiger partial charge is 0.350 e. The lowest BCUT2D eigenvalue weighted by atomic mass is 9.98. The first-order chi connectivity index (χ1) is 15.9. The Hall–Kier alpha value is -2.53. The minimum Gasteiger partial charge on any atom is -0.462 e. The molecule has 33 heavy (non-hydrogen) atoms. The van der Waals surface area contributed by atoms with Crippen LogP contribution >= 0.6 is 22.7 Å². The number of anilines is 1. The summed E-state index contributed by atoms with van der Waals surface area (Å²) in [7, 11) is -3.62. The van der Waals surface area contributed by atoms with Crippen molar-refractivity contribution in [3.63, 3.8) is 0 Å². The van der Waals surface area contributed by atoms with Crippen molar-refractivity contribution in [2.45, 2.75) is 24.0 Å². The number of carbonyl (C=O) groups is 2. The highest BCUT2D eigenvalue weighted by atomic mass is 32.2. The van der Waals surface area contributed by atoms with Gasteiger partial charge in [0, 0.05) is 18.0 Å². The largest absolute Gasteiger partial charge is 0.462 e. The predicted octanol–water partition coefficient (Wildman–Crippen LogP) is 4.69. The normalized spacial score (nSPS) is 16.9. The second-order valence-electron chi connectivity index (χ2n) is 7.56. The molecule has 1 fully saturated rings. The number of hydrogen-bond acceptors (Lipinski definition) is 7. The van der Waals surface area contributed by atoms with Gasteiger partial charge in [0.15, 0.2) is 0 Å². The predicted molar refractivity (Wildman–Crippen MR) is 130 cm³/mol. The molecule has 2 aromatic heterocycles. The summed E-state index contributed by atoms with van der Waals surface area (Å²) in [5.41, 5.74) is 1.32. The van der Waals surface area contributed by atoms with Crippen molar-refractivity contribution in [1.82, 2.24) is 4.31 Å². The molecule has 1 unspecified atom stereocenters. The zero-order chi connectivity index (χ0) is 23.4. The van der Waals surface area contributed by atoms with Crippen LogP contribution in [0.2, 0.25) is 0 Å². The molecule has 0 aliphatic carbocycles. The van der Waals surface area contributed by atoms with Gasteiger partial charge >= 0.3 is 5.97 Å². The van der Waals surface area contributed by atoms with Gasteiger partial charge in [-0.15, -0.1) is 22.7 Å². The molecule has 1 aliphatic rings. The second kappa shape index (κ2) is 10.2. The van der Waals surface area contributed by atoms with Crippen molar-refractivity contribution < 1.29 is 22.7 Å². The van der Waals surface area contributed by atoms with E-state index in [2.05, 4.69) is 5.32 Å². The highest BCUT2D eigenvalue weighted by Gasteiger charge is 2.34. The van der Waals surface area contributed by atoms with Crippen LogP contribution in [0.4, 0.5) is 5.69 Å². The van der Waals surface area contributed by atoms with Gasteiger partial charge in [-0.1, -0.05) is 36.4 Å². The molecule has 1 aliphatic heterocycles. The van der Waals surface area contributed by atoms with Gasteiger partial charge in [0.25, 0.3) is 10.0 Å². The van der Waals surface area contributed by atoms with Gasteiger partial charge in [-0.05, 0) is 42.8 Å². The van der Waals surface area contributed by atoms with Gasteiger partial charge < -0.3 is 10.1 Å². The first-order valence-corrected chi connectivity index (χ1v) is 13.7. The first-order valence-electron chi connectivity index (χ1n) is 10.6. The number of nitrogens with one attached hydrogen (secondary N) is 1. The lowest BCUT2D eigenvalue weighted by Gasteiger charge is -2.30. The number of amides is 1. The fraction of sp³-hybridized carbons (Fsp3) is 0.304.